The molecule has 2 N–H and O–H groups in total. The Morgan fingerprint density at radius 1 is 1.21 bits per heavy atom. The summed E-state index contributed by atoms with van der Waals surface area (Å²) >= 11 is 0. The Morgan fingerprint density at radius 3 is 2.74 bits per heavy atom. The molecule has 0 atom stereocenters. The van der Waals surface area contributed by atoms with Crippen molar-refractivity contribution < 1.29 is 0 Å². The first-order chi connectivity index (χ1) is 9.16. The molecular formula is C17H24N2. The normalized spacial score (nSPS) is 15.3. The van der Waals surface area contributed by atoms with Gasteiger partial charge in [-0.15, -0.1) is 0 Å². The third-order valence-electron chi connectivity index (χ3n) is 4.44. The van der Waals surface area contributed by atoms with E-state index in [-0.39, 0.29) is 0 Å². The van der Waals surface area contributed by atoms with Gasteiger partial charge in [-0.05, 0) is 69.7 Å². The van der Waals surface area contributed by atoms with E-state index < -0.39 is 0 Å². The van der Waals surface area contributed by atoms with Crippen molar-refractivity contribution in [3.8, 4) is 0 Å². The summed E-state index contributed by atoms with van der Waals surface area (Å²) in [4.78, 5) is 3.58. The Balaban J connectivity index is 1.77. The van der Waals surface area contributed by atoms with Gasteiger partial charge in [0, 0.05) is 22.6 Å². The first-order valence-electron chi connectivity index (χ1n) is 7.47. The van der Waals surface area contributed by atoms with E-state index in [0.717, 1.165) is 12.6 Å². The zero-order valence-electron chi connectivity index (χ0n) is 12.3. The van der Waals surface area contributed by atoms with Crippen molar-refractivity contribution in [1.82, 2.24) is 10.3 Å². The predicted molar refractivity (Wildman–Crippen MR) is 81.9 cm³/mol. The Bertz CT molecular complexity index is 591. The first kappa shape index (κ1) is 12.7. The largest absolute Gasteiger partial charge is 0.358 e. The molecule has 0 bridgehead atoms. The summed E-state index contributed by atoms with van der Waals surface area (Å²) in [6, 6.07) is 5.36. The lowest BCUT2D eigenvalue weighted by molar-refractivity contribution is 0.646. The highest BCUT2D eigenvalue weighted by Crippen LogP contribution is 2.27. The molecule has 2 aromatic rings. The van der Waals surface area contributed by atoms with Gasteiger partial charge >= 0.3 is 0 Å². The third kappa shape index (κ3) is 2.55. The molecule has 0 radical (unpaired) electrons. The number of aromatic amines is 1. The third-order valence-corrected chi connectivity index (χ3v) is 4.44. The van der Waals surface area contributed by atoms with E-state index in [4.69, 9.17) is 0 Å². The van der Waals surface area contributed by atoms with Gasteiger partial charge in [0.15, 0.2) is 0 Å². The molecule has 19 heavy (non-hydrogen) atoms. The van der Waals surface area contributed by atoms with Crippen molar-refractivity contribution in [2.75, 3.05) is 6.54 Å². The molecule has 1 saturated carbocycles. The van der Waals surface area contributed by atoms with Crippen molar-refractivity contribution in [2.24, 2.45) is 0 Å². The number of hydrogen-bond donors (Lipinski definition) is 2. The van der Waals surface area contributed by atoms with Crippen molar-refractivity contribution in [3.63, 3.8) is 0 Å². The summed E-state index contributed by atoms with van der Waals surface area (Å²) in [5, 5.41) is 5.02. The molecule has 0 saturated heterocycles. The standard InChI is InChI=1S/C17H24N2/c1-11-6-9-16-15(5-4-10-18-14-7-8-14)13(3)19-17(16)12(11)2/h6,9,14,18-19H,4-5,7-8,10H2,1-3H3. The Hall–Kier alpha value is -1.28. The monoisotopic (exact) mass is 256 g/mol. The van der Waals surface area contributed by atoms with Crippen LogP contribution in [0.25, 0.3) is 10.9 Å². The number of nitrogens with one attached hydrogen (secondary N) is 2. The van der Waals surface area contributed by atoms with Crippen LogP contribution < -0.4 is 5.32 Å². The maximum absolute atomic E-state index is 3.60. The van der Waals surface area contributed by atoms with Crippen LogP contribution in [-0.4, -0.2) is 17.6 Å². The Morgan fingerprint density at radius 2 is 2.00 bits per heavy atom. The number of aryl methyl sites for hydroxylation is 4. The molecule has 1 aliphatic carbocycles. The zero-order chi connectivity index (χ0) is 13.4. The van der Waals surface area contributed by atoms with Crippen molar-refractivity contribution in [2.45, 2.75) is 52.5 Å². The molecule has 1 aromatic heterocycles. The van der Waals surface area contributed by atoms with Crippen molar-refractivity contribution >= 4 is 10.9 Å². The van der Waals surface area contributed by atoms with Gasteiger partial charge in [0.2, 0.25) is 0 Å². The lowest BCUT2D eigenvalue weighted by Gasteiger charge is -2.05. The summed E-state index contributed by atoms with van der Waals surface area (Å²) in [5.74, 6) is 0. The second kappa shape index (κ2) is 5.01. The highest BCUT2D eigenvalue weighted by Gasteiger charge is 2.19. The SMILES string of the molecule is Cc1ccc2c(CCCNC3CC3)c(C)[nH]c2c1C. The van der Waals surface area contributed by atoms with Gasteiger partial charge in [-0.3, -0.25) is 0 Å². The Labute approximate surface area is 115 Å². The minimum Gasteiger partial charge on any atom is -0.358 e. The molecular weight excluding hydrogens is 232 g/mol. The van der Waals surface area contributed by atoms with Crippen LogP contribution in [0.3, 0.4) is 0 Å². The molecule has 102 valence electrons. The molecule has 3 rings (SSSR count). The average Bonchev–Trinajstić information content (AvgIpc) is 3.15. The van der Waals surface area contributed by atoms with Crippen LogP contribution in [0.1, 0.15) is 41.6 Å². The molecule has 0 amide bonds. The summed E-state index contributed by atoms with van der Waals surface area (Å²) in [6.45, 7) is 7.76. The van der Waals surface area contributed by atoms with Crippen LogP contribution in [0.5, 0.6) is 0 Å². The highest BCUT2D eigenvalue weighted by atomic mass is 14.9. The van der Waals surface area contributed by atoms with Gasteiger partial charge in [0.1, 0.15) is 0 Å². The van der Waals surface area contributed by atoms with Gasteiger partial charge in [-0.2, -0.15) is 0 Å². The molecule has 0 unspecified atom stereocenters. The van der Waals surface area contributed by atoms with Gasteiger partial charge < -0.3 is 10.3 Å². The van der Waals surface area contributed by atoms with E-state index in [2.05, 4.69) is 43.2 Å². The summed E-state index contributed by atoms with van der Waals surface area (Å²) in [6.07, 6.45) is 5.17. The van der Waals surface area contributed by atoms with Crippen LogP contribution in [0.4, 0.5) is 0 Å². The molecule has 1 fully saturated rings. The van der Waals surface area contributed by atoms with Crippen LogP contribution in [0.2, 0.25) is 0 Å². The maximum Gasteiger partial charge on any atom is 0.0491 e. The van der Waals surface area contributed by atoms with Crippen LogP contribution >= 0.6 is 0 Å². The molecule has 1 aliphatic rings. The number of rotatable bonds is 5. The summed E-state index contributed by atoms with van der Waals surface area (Å²) in [7, 11) is 0. The average molecular weight is 256 g/mol. The maximum atomic E-state index is 3.60. The predicted octanol–water partition coefficient (Wildman–Crippen LogP) is 3.78. The first-order valence-corrected chi connectivity index (χ1v) is 7.47. The number of fused-ring (bicyclic) bond motifs is 1. The van der Waals surface area contributed by atoms with E-state index >= 15 is 0 Å². The fourth-order valence-corrected chi connectivity index (χ4v) is 2.87. The van der Waals surface area contributed by atoms with Gasteiger partial charge in [-0.1, -0.05) is 12.1 Å². The van der Waals surface area contributed by atoms with E-state index in [9.17, 15) is 0 Å². The number of benzene rings is 1. The number of aromatic nitrogens is 1. The van der Waals surface area contributed by atoms with Crippen LogP contribution in [0, 0.1) is 20.8 Å². The summed E-state index contributed by atoms with van der Waals surface area (Å²) < 4.78 is 0. The number of hydrogen-bond acceptors (Lipinski definition) is 1. The van der Waals surface area contributed by atoms with E-state index in [1.807, 2.05) is 0 Å². The number of H-pyrrole nitrogens is 1. The fourth-order valence-electron chi connectivity index (χ4n) is 2.87. The second-order valence-corrected chi connectivity index (χ2v) is 5.99. The smallest absolute Gasteiger partial charge is 0.0491 e. The van der Waals surface area contributed by atoms with Gasteiger partial charge in [0.05, 0.1) is 0 Å². The molecule has 1 aromatic carbocycles. The second-order valence-electron chi connectivity index (χ2n) is 5.99. The van der Waals surface area contributed by atoms with Gasteiger partial charge in [0.25, 0.3) is 0 Å². The fraction of sp³-hybridized carbons (Fsp3) is 0.529. The summed E-state index contributed by atoms with van der Waals surface area (Å²) in [5.41, 5.74) is 6.95. The zero-order valence-corrected chi connectivity index (χ0v) is 12.3. The minimum atomic E-state index is 0.828. The Kier molecular flexibility index (Phi) is 3.36. The quantitative estimate of drug-likeness (QED) is 0.783. The highest BCUT2D eigenvalue weighted by molar-refractivity contribution is 5.88. The molecule has 2 heteroatoms. The minimum absolute atomic E-state index is 0.828. The van der Waals surface area contributed by atoms with Gasteiger partial charge in [-0.25, -0.2) is 0 Å². The molecule has 0 spiro atoms. The van der Waals surface area contributed by atoms with Crippen molar-refractivity contribution in [3.05, 3.63) is 34.5 Å². The topological polar surface area (TPSA) is 27.8 Å². The lowest BCUT2D eigenvalue weighted by Crippen LogP contribution is -2.17. The van der Waals surface area contributed by atoms with E-state index in [1.165, 1.54) is 59.0 Å². The van der Waals surface area contributed by atoms with E-state index in [1.54, 1.807) is 0 Å². The van der Waals surface area contributed by atoms with Crippen LogP contribution in [0.15, 0.2) is 12.1 Å². The molecule has 2 nitrogen and oxygen atoms in total. The van der Waals surface area contributed by atoms with Crippen LogP contribution in [-0.2, 0) is 6.42 Å². The molecule has 0 aliphatic heterocycles. The lowest BCUT2D eigenvalue weighted by atomic mass is 10.0. The molecule has 1 heterocycles. The van der Waals surface area contributed by atoms with E-state index in [0.29, 0.717) is 0 Å². The van der Waals surface area contributed by atoms with Crippen molar-refractivity contribution in [1.29, 1.82) is 0 Å².